The highest BCUT2D eigenvalue weighted by atomic mass is 16.5. The van der Waals surface area contributed by atoms with Crippen LogP contribution in [0.3, 0.4) is 0 Å². The fourth-order valence-electron chi connectivity index (χ4n) is 1.83. The molecule has 0 saturated heterocycles. The van der Waals surface area contributed by atoms with Crippen molar-refractivity contribution in [3.63, 3.8) is 0 Å². The number of rotatable bonds is 5. The molecule has 0 atom stereocenters. The molecule has 0 aliphatic heterocycles. The zero-order chi connectivity index (χ0) is 14.5. The first-order valence-corrected chi connectivity index (χ1v) is 6.24. The van der Waals surface area contributed by atoms with Crippen molar-refractivity contribution in [1.29, 1.82) is 0 Å². The van der Waals surface area contributed by atoms with Crippen LogP contribution in [-0.2, 0) is 18.2 Å². The predicted molar refractivity (Wildman–Crippen MR) is 73.5 cm³/mol. The minimum Gasteiger partial charge on any atom is -0.465 e. The van der Waals surface area contributed by atoms with Crippen LogP contribution in [0.25, 0.3) is 0 Å². The van der Waals surface area contributed by atoms with Crippen LogP contribution in [0.4, 0.5) is 5.82 Å². The highest BCUT2D eigenvalue weighted by molar-refractivity contribution is 5.90. The summed E-state index contributed by atoms with van der Waals surface area (Å²) in [6, 6.07) is 3.47. The molecule has 7 heteroatoms. The van der Waals surface area contributed by atoms with Crippen LogP contribution in [0, 0.1) is 6.92 Å². The number of nitrogens with one attached hydrogen (secondary N) is 1. The summed E-state index contributed by atoms with van der Waals surface area (Å²) in [4.78, 5) is 19.9. The first-order chi connectivity index (χ1) is 9.61. The maximum absolute atomic E-state index is 11.5. The van der Waals surface area contributed by atoms with Gasteiger partial charge in [0.1, 0.15) is 18.0 Å². The number of anilines is 1. The van der Waals surface area contributed by atoms with E-state index in [0.717, 1.165) is 18.1 Å². The average molecular weight is 275 g/mol. The van der Waals surface area contributed by atoms with Crippen LogP contribution < -0.4 is 5.32 Å². The summed E-state index contributed by atoms with van der Waals surface area (Å²) in [6.07, 6.45) is 2.28. The number of ether oxygens (including phenoxy) is 1. The van der Waals surface area contributed by atoms with Crippen LogP contribution >= 0.6 is 0 Å². The van der Waals surface area contributed by atoms with Crippen molar-refractivity contribution in [2.45, 2.75) is 13.3 Å². The van der Waals surface area contributed by atoms with Crippen LogP contribution in [-0.4, -0.2) is 39.4 Å². The number of hydrogen-bond donors (Lipinski definition) is 1. The summed E-state index contributed by atoms with van der Waals surface area (Å²) in [6.45, 7) is 2.47. The monoisotopic (exact) mass is 275 g/mol. The summed E-state index contributed by atoms with van der Waals surface area (Å²) in [5.41, 5.74) is 1.12. The largest absolute Gasteiger partial charge is 0.465 e. The number of esters is 1. The number of nitrogens with zero attached hydrogens (tertiary/aromatic N) is 4. The highest BCUT2D eigenvalue weighted by Crippen LogP contribution is 2.11. The second kappa shape index (κ2) is 6.14. The molecule has 0 aliphatic rings. The zero-order valence-electron chi connectivity index (χ0n) is 11.8. The molecule has 0 aliphatic carbocycles. The summed E-state index contributed by atoms with van der Waals surface area (Å²) in [7, 11) is 3.21. The molecule has 0 unspecified atom stereocenters. The van der Waals surface area contributed by atoms with E-state index in [1.165, 1.54) is 13.4 Å². The predicted octanol–water partition coefficient (Wildman–Crippen LogP) is 0.960. The Balaban J connectivity index is 1.95. The van der Waals surface area contributed by atoms with Crippen molar-refractivity contribution in [3.8, 4) is 0 Å². The Kier molecular flexibility index (Phi) is 4.29. The first kappa shape index (κ1) is 14.0. The van der Waals surface area contributed by atoms with Gasteiger partial charge in [-0.3, -0.25) is 4.68 Å². The van der Waals surface area contributed by atoms with Crippen molar-refractivity contribution < 1.29 is 9.53 Å². The van der Waals surface area contributed by atoms with E-state index in [4.69, 9.17) is 0 Å². The van der Waals surface area contributed by atoms with E-state index in [1.807, 2.05) is 7.05 Å². The standard InChI is InChI=1S/C13H17N5O2/c1-9-10(13(19)20-3)4-5-11(17-9)14-7-6-12-15-8-16-18(12)2/h4-5,8H,6-7H2,1-3H3,(H,14,17). The third-order valence-electron chi connectivity index (χ3n) is 2.95. The molecule has 0 aromatic carbocycles. The number of aromatic nitrogens is 4. The number of carbonyl (C=O) groups is 1. The van der Waals surface area contributed by atoms with Gasteiger partial charge in [-0.05, 0) is 19.1 Å². The molecule has 2 aromatic rings. The lowest BCUT2D eigenvalue weighted by atomic mass is 10.2. The third-order valence-corrected chi connectivity index (χ3v) is 2.95. The van der Waals surface area contributed by atoms with Gasteiger partial charge in [0.2, 0.25) is 0 Å². The molecule has 0 fully saturated rings. The minimum atomic E-state index is -0.374. The first-order valence-electron chi connectivity index (χ1n) is 6.24. The molecule has 1 N–H and O–H groups in total. The molecule has 106 valence electrons. The van der Waals surface area contributed by atoms with Gasteiger partial charge in [0.25, 0.3) is 0 Å². The van der Waals surface area contributed by atoms with E-state index in [-0.39, 0.29) is 5.97 Å². The van der Waals surface area contributed by atoms with Crippen molar-refractivity contribution >= 4 is 11.8 Å². The molecular formula is C13H17N5O2. The second-order valence-electron chi connectivity index (χ2n) is 4.30. The Hall–Kier alpha value is -2.44. The van der Waals surface area contributed by atoms with E-state index >= 15 is 0 Å². The Morgan fingerprint density at radius 2 is 2.25 bits per heavy atom. The summed E-state index contributed by atoms with van der Waals surface area (Å²) in [5, 5.41) is 7.20. The Morgan fingerprint density at radius 3 is 2.85 bits per heavy atom. The number of pyridine rings is 1. The quantitative estimate of drug-likeness (QED) is 0.818. The smallest absolute Gasteiger partial charge is 0.339 e. The average Bonchev–Trinajstić information content (AvgIpc) is 2.84. The lowest BCUT2D eigenvalue weighted by Crippen LogP contribution is -2.12. The third kappa shape index (κ3) is 3.11. The molecule has 2 aromatic heterocycles. The molecule has 0 amide bonds. The molecule has 0 spiro atoms. The number of methoxy groups -OCH3 is 1. The second-order valence-corrected chi connectivity index (χ2v) is 4.30. The van der Waals surface area contributed by atoms with Gasteiger partial charge in [-0.1, -0.05) is 0 Å². The molecule has 20 heavy (non-hydrogen) atoms. The van der Waals surface area contributed by atoms with Gasteiger partial charge in [0.05, 0.1) is 18.4 Å². The molecular weight excluding hydrogens is 258 g/mol. The lowest BCUT2D eigenvalue weighted by molar-refractivity contribution is 0.0599. The summed E-state index contributed by atoms with van der Waals surface area (Å²) < 4.78 is 6.42. The van der Waals surface area contributed by atoms with E-state index < -0.39 is 0 Å². The fraction of sp³-hybridized carbons (Fsp3) is 0.385. The lowest BCUT2D eigenvalue weighted by Gasteiger charge is -2.08. The van der Waals surface area contributed by atoms with Gasteiger partial charge in [0, 0.05) is 20.0 Å². The molecule has 7 nitrogen and oxygen atoms in total. The van der Waals surface area contributed by atoms with Crippen LogP contribution in [0.1, 0.15) is 21.9 Å². The fourth-order valence-corrected chi connectivity index (χ4v) is 1.83. The van der Waals surface area contributed by atoms with Gasteiger partial charge in [-0.15, -0.1) is 0 Å². The van der Waals surface area contributed by atoms with Crippen molar-refractivity contribution in [1.82, 2.24) is 19.7 Å². The minimum absolute atomic E-state index is 0.374. The highest BCUT2D eigenvalue weighted by Gasteiger charge is 2.10. The van der Waals surface area contributed by atoms with E-state index in [2.05, 4.69) is 25.1 Å². The van der Waals surface area contributed by atoms with E-state index in [0.29, 0.717) is 17.8 Å². The maximum Gasteiger partial charge on any atom is 0.339 e. The van der Waals surface area contributed by atoms with Gasteiger partial charge in [0.15, 0.2) is 0 Å². The molecule has 0 saturated carbocycles. The number of hydrogen-bond acceptors (Lipinski definition) is 6. The van der Waals surface area contributed by atoms with Crippen LogP contribution in [0.5, 0.6) is 0 Å². The summed E-state index contributed by atoms with van der Waals surface area (Å²) >= 11 is 0. The van der Waals surface area contributed by atoms with Gasteiger partial charge in [-0.2, -0.15) is 5.10 Å². The Morgan fingerprint density at radius 1 is 1.45 bits per heavy atom. The number of carbonyl (C=O) groups excluding carboxylic acids is 1. The van der Waals surface area contributed by atoms with E-state index in [9.17, 15) is 4.79 Å². The number of aryl methyl sites for hydroxylation is 2. The molecule has 2 heterocycles. The topological polar surface area (TPSA) is 81.9 Å². The van der Waals surface area contributed by atoms with Gasteiger partial charge in [-0.25, -0.2) is 14.8 Å². The maximum atomic E-state index is 11.5. The van der Waals surface area contributed by atoms with Crippen molar-refractivity contribution in [2.24, 2.45) is 7.05 Å². The van der Waals surface area contributed by atoms with E-state index in [1.54, 1.807) is 23.7 Å². The molecule has 0 radical (unpaired) electrons. The molecule has 0 bridgehead atoms. The SMILES string of the molecule is COC(=O)c1ccc(NCCc2ncnn2C)nc1C. The summed E-state index contributed by atoms with van der Waals surface area (Å²) in [5.74, 6) is 1.25. The van der Waals surface area contributed by atoms with Gasteiger partial charge < -0.3 is 10.1 Å². The van der Waals surface area contributed by atoms with Crippen molar-refractivity contribution in [3.05, 3.63) is 35.5 Å². The van der Waals surface area contributed by atoms with Crippen LogP contribution in [0.2, 0.25) is 0 Å². The molecule has 2 rings (SSSR count). The normalized spacial score (nSPS) is 10.3. The Labute approximate surface area is 117 Å². The van der Waals surface area contributed by atoms with Gasteiger partial charge >= 0.3 is 5.97 Å². The zero-order valence-corrected chi connectivity index (χ0v) is 11.8. The Bertz CT molecular complexity index is 609. The van der Waals surface area contributed by atoms with Crippen molar-refractivity contribution in [2.75, 3.05) is 19.0 Å². The van der Waals surface area contributed by atoms with Crippen LogP contribution in [0.15, 0.2) is 18.5 Å².